The Morgan fingerprint density at radius 1 is 1.19 bits per heavy atom. The minimum Gasteiger partial charge on any atom is -0.434 e. The maximum absolute atomic E-state index is 12.4. The molecule has 0 spiro atoms. The van der Waals surface area contributed by atoms with Gasteiger partial charge < -0.3 is 14.4 Å². The standard InChI is InChI=1S/C20H23NO5/c1-2-25-20(24)26-17-11-7-6-8-14(17)12-15-13-21(19(23)18(15)22)16-9-4-3-5-10-16/h6-8,11-12,16H,2-5,9-10,13H2,1H3. The van der Waals surface area contributed by atoms with Crippen molar-refractivity contribution < 1.29 is 23.9 Å². The van der Waals surface area contributed by atoms with Crippen LogP contribution in [0.4, 0.5) is 4.79 Å². The highest BCUT2D eigenvalue weighted by Gasteiger charge is 2.38. The molecule has 0 aromatic heterocycles. The maximum Gasteiger partial charge on any atom is 0.513 e. The van der Waals surface area contributed by atoms with Crippen LogP contribution in [-0.2, 0) is 14.3 Å². The fourth-order valence-corrected chi connectivity index (χ4v) is 3.51. The van der Waals surface area contributed by atoms with E-state index in [1.807, 2.05) is 0 Å². The summed E-state index contributed by atoms with van der Waals surface area (Å²) in [5.74, 6) is -0.594. The SMILES string of the molecule is CCOC(=O)Oc1ccccc1C=C1CN(C2CCCCC2)C(=O)C1=O. The van der Waals surface area contributed by atoms with Gasteiger partial charge in [0.15, 0.2) is 0 Å². The van der Waals surface area contributed by atoms with E-state index in [-0.39, 0.29) is 12.6 Å². The summed E-state index contributed by atoms with van der Waals surface area (Å²) < 4.78 is 9.98. The number of ketones is 1. The molecule has 0 radical (unpaired) electrons. The van der Waals surface area contributed by atoms with Gasteiger partial charge in [-0.05, 0) is 31.9 Å². The van der Waals surface area contributed by atoms with Crippen LogP contribution in [0.25, 0.3) is 6.08 Å². The average molecular weight is 357 g/mol. The van der Waals surface area contributed by atoms with E-state index in [2.05, 4.69) is 0 Å². The van der Waals surface area contributed by atoms with Crippen LogP contribution in [-0.4, -0.2) is 41.9 Å². The minimum absolute atomic E-state index is 0.150. The summed E-state index contributed by atoms with van der Waals surface area (Å²) in [7, 11) is 0. The lowest BCUT2D eigenvalue weighted by molar-refractivity contribution is -0.140. The number of hydrogen-bond acceptors (Lipinski definition) is 5. The largest absolute Gasteiger partial charge is 0.513 e. The number of carbonyl (C=O) groups excluding carboxylic acids is 3. The van der Waals surface area contributed by atoms with E-state index < -0.39 is 17.8 Å². The van der Waals surface area contributed by atoms with Crippen molar-refractivity contribution in [2.75, 3.05) is 13.2 Å². The summed E-state index contributed by atoms with van der Waals surface area (Å²) in [6, 6.07) is 7.03. The minimum atomic E-state index is -0.795. The number of hydrogen-bond donors (Lipinski definition) is 0. The highest BCUT2D eigenvalue weighted by molar-refractivity contribution is 6.46. The second kappa shape index (κ2) is 8.17. The first-order valence-corrected chi connectivity index (χ1v) is 9.09. The van der Waals surface area contributed by atoms with E-state index in [0.29, 0.717) is 23.4 Å². The Hall–Kier alpha value is -2.63. The number of amides is 1. The van der Waals surface area contributed by atoms with Gasteiger partial charge >= 0.3 is 6.16 Å². The molecule has 0 N–H and O–H groups in total. The molecule has 26 heavy (non-hydrogen) atoms. The smallest absolute Gasteiger partial charge is 0.434 e. The second-order valence-electron chi connectivity index (χ2n) is 6.55. The second-order valence-corrected chi connectivity index (χ2v) is 6.55. The first-order valence-electron chi connectivity index (χ1n) is 9.09. The summed E-state index contributed by atoms with van der Waals surface area (Å²) >= 11 is 0. The van der Waals surface area contributed by atoms with Crippen molar-refractivity contribution in [3.05, 3.63) is 35.4 Å². The number of benzene rings is 1. The van der Waals surface area contributed by atoms with Gasteiger partial charge in [0.1, 0.15) is 5.75 Å². The van der Waals surface area contributed by atoms with E-state index in [4.69, 9.17) is 9.47 Å². The summed E-state index contributed by atoms with van der Waals surface area (Å²) in [6.45, 7) is 2.22. The van der Waals surface area contributed by atoms with Crippen molar-refractivity contribution in [1.29, 1.82) is 0 Å². The quantitative estimate of drug-likeness (QED) is 0.358. The van der Waals surface area contributed by atoms with Crippen LogP contribution in [0.15, 0.2) is 29.8 Å². The van der Waals surface area contributed by atoms with Crippen LogP contribution in [0.3, 0.4) is 0 Å². The molecule has 1 aromatic rings. The number of Topliss-reactive ketones (excluding diaryl/α,β-unsaturated/α-hetero) is 1. The van der Waals surface area contributed by atoms with Gasteiger partial charge in [-0.15, -0.1) is 0 Å². The lowest BCUT2D eigenvalue weighted by Crippen LogP contribution is -2.38. The molecule has 0 unspecified atom stereocenters. The van der Waals surface area contributed by atoms with Crippen molar-refractivity contribution in [1.82, 2.24) is 4.90 Å². The Morgan fingerprint density at radius 2 is 1.92 bits per heavy atom. The average Bonchev–Trinajstić information content (AvgIpc) is 2.93. The fourth-order valence-electron chi connectivity index (χ4n) is 3.51. The molecular weight excluding hydrogens is 334 g/mol. The molecule has 3 rings (SSSR count). The highest BCUT2D eigenvalue weighted by atomic mass is 16.7. The molecule has 0 atom stereocenters. The van der Waals surface area contributed by atoms with Crippen LogP contribution in [0.5, 0.6) is 5.75 Å². The Labute approximate surface area is 152 Å². The molecule has 6 nitrogen and oxygen atoms in total. The molecule has 1 heterocycles. The molecule has 0 bridgehead atoms. The first kappa shape index (κ1) is 18.2. The topological polar surface area (TPSA) is 72.9 Å². The molecule has 1 aliphatic carbocycles. The maximum atomic E-state index is 12.4. The zero-order valence-corrected chi connectivity index (χ0v) is 14.9. The van der Waals surface area contributed by atoms with Gasteiger partial charge in [-0.3, -0.25) is 9.59 Å². The van der Waals surface area contributed by atoms with Gasteiger partial charge in [0.25, 0.3) is 5.91 Å². The van der Waals surface area contributed by atoms with Crippen LogP contribution >= 0.6 is 0 Å². The Balaban J connectivity index is 1.80. The number of likely N-dealkylation sites (tertiary alicyclic amines) is 1. The van der Waals surface area contributed by atoms with Crippen molar-refractivity contribution in [2.45, 2.75) is 45.1 Å². The lowest BCUT2D eigenvalue weighted by Gasteiger charge is -2.30. The number of carbonyl (C=O) groups is 3. The van der Waals surface area contributed by atoms with E-state index in [1.165, 1.54) is 6.42 Å². The first-order chi connectivity index (χ1) is 12.6. The third-order valence-corrected chi connectivity index (χ3v) is 4.81. The van der Waals surface area contributed by atoms with E-state index >= 15 is 0 Å². The molecular formula is C20H23NO5. The zero-order valence-electron chi connectivity index (χ0n) is 14.9. The Kier molecular flexibility index (Phi) is 5.71. The van der Waals surface area contributed by atoms with Gasteiger partial charge in [0, 0.05) is 17.2 Å². The van der Waals surface area contributed by atoms with Crippen molar-refractivity contribution in [3.63, 3.8) is 0 Å². The van der Waals surface area contributed by atoms with Crippen molar-refractivity contribution in [2.24, 2.45) is 0 Å². The molecule has 1 aliphatic heterocycles. The van der Waals surface area contributed by atoms with E-state index in [0.717, 1.165) is 25.7 Å². The van der Waals surface area contributed by atoms with Crippen LogP contribution < -0.4 is 4.74 Å². The van der Waals surface area contributed by atoms with Gasteiger partial charge in [-0.2, -0.15) is 0 Å². The lowest BCUT2D eigenvalue weighted by atomic mass is 9.94. The number of ether oxygens (including phenoxy) is 2. The zero-order chi connectivity index (χ0) is 18.5. The van der Waals surface area contributed by atoms with Gasteiger partial charge in [-0.25, -0.2) is 4.79 Å². The van der Waals surface area contributed by atoms with Gasteiger partial charge in [-0.1, -0.05) is 37.5 Å². The Morgan fingerprint density at radius 3 is 2.65 bits per heavy atom. The number of para-hydroxylation sites is 1. The predicted molar refractivity (Wildman–Crippen MR) is 95.7 cm³/mol. The summed E-state index contributed by atoms with van der Waals surface area (Å²) in [5.41, 5.74) is 1.00. The van der Waals surface area contributed by atoms with Crippen molar-refractivity contribution >= 4 is 23.9 Å². The normalized spacial score (nSPS) is 19.9. The van der Waals surface area contributed by atoms with Crippen LogP contribution in [0.2, 0.25) is 0 Å². The molecule has 1 aromatic carbocycles. The molecule has 2 fully saturated rings. The van der Waals surface area contributed by atoms with Crippen molar-refractivity contribution in [3.8, 4) is 5.75 Å². The third-order valence-electron chi connectivity index (χ3n) is 4.81. The third kappa shape index (κ3) is 3.95. The monoisotopic (exact) mass is 357 g/mol. The molecule has 138 valence electrons. The highest BCUT2D eigenvalue weighted by Crippen LogP contribution is 2.29. The van der Waals surface area contributed by atoms with E-state index in [9.17, 15) is 14.4 Å². The van der Waals surface area contributed by atoms with E-state index in [1.54, 1.807) is 42.2 Å². The van der Waals surface area contributed by atoms with Crippen LogP contribution in [0.1, 0.15) is 44.6 Å². The molecule has 1 saturated carbocycles. The molecule has 6 heteroatoms. The molecule has 1 amide bonds. The summed E-state index contributed by atoms with van der Waals surface area (Å²) in [5, 5.41) is 0. The van der Waals surface area contributed by atoms with Gasteiger partial charge in [0.2, 0.25) is 5.78 Å². The van der Waals surface area contributed by atoms with Crippen LogP contribution in [0, 0.1) is 0 Å². The summed E-state index contributed by atoms with van der Waals surface area (Å²) in [4.78, 5) is 38.1. The molecule has 2 aliphatic rings. The number of nitrogens with zero attached hydrogens (tertiary/aromatic N) is 1. The predicted octanol–water partition coefficient (Wildman–Crippen LogP) is 3.35. The van der Waals surface area contributed by atoms with Gasteiger partial charge in [0.05, 0.1) is 13.2 Å². The molecule has 1 saturated heterocycles. The fraction of sp³-hybridized carbons (Fsp3) is 0.450. The summed E-state index contributed by atoms with van der Waals surface area (Å²) in [6.07, 6.45) is 6.13. The Bertz CT molecular complexity index is 733. The number of rotatable bonds is 4.